The molecule has 144 valence electrons. The van der Waals surface area contributed by atoms with Gasteiger partial charge < -0.3 is 5.21 Å². The normalized spacial score (nSPS) is 35.8. The van der Waals surface area contributed by atoms with Gasteiger partial charge in [-0.25, -0.2) is 0 Å². The third kappa shape index (κ3) is 3.36. The van der Waals surface area contributed by atoms with Crippen LogP contribution in [0.3, 0.4) is 0 Å². The zero-order valence-corrected chi connectivity index (χ0v) is 14.5. The van der Waals surface area contributed by atoms with Crippen LogP contribution in [0.15, 0.2) is 15.5 Å². The Morgan fingerprint density at radius 3 is 1.70 bits per heavy atom. The second-order valence-electron chi connectivity index (χ2n) is 6.79. The Kier molecular flexibility index (Phi) is 5.82. The molecular weight excluding hydrogens is 362 g/mol. The van der Waals surface area contributed by atoms with Gasteiger partial charge in [0, 0.05) is 36.5 Å². The molecule has 2 fully saturated rings. The van der Waals surface area contributed by atoms with E-state index in [2.05, 4.69) is 15.5 Å². The van der Waals surface area contributed by atoms with Crippen LogP contribution in [-0.4, -0.2) is 51.9 Å². The number of carbonyl (C=O) groups is 5. The Morgan fingerprint density at radius 2 is 1.30 bits per heavy atom. The number of ketones is 5. The standard InChI is InChI=1S/C16H17N3O8/c1-5(20)7-3-9(22)13(17-25)14(18-26)11(7)12-8(6(2)21)4-10(23)16(24)15(12)19-27/h7-8,11-12,14-15,25H,3-4H2,1-2H3. The highest BCUT2D eigenvalue weighted by atomic mass is 16.4. The Balaban J connectivity index is 2.69. The van der Waals surface area contributed by atoms with Crippen molar-refractivity contribution in [3.63, 3.8) is 0 Å². The molecule has 0 aromatic rings. The van der Waals surface area contributed by atoms with E-state index in [1.54, 1.807) is 0 Å². The number of rotatable bonds is 5. The number of hydrogen-bond donors (Lipinski definition) is 1. The van der Waals surface area contributed by atoms with Gasteiger partial charge in [-0.3, -0.25) is 24.0 Å². The summed E-state index contributed by atoms with van der Waals surface area (Å²) in [6, 6.07) is -3.47. The van der Waals surface area contributed by atoms with Crippen molar-refractivity contribution in [2.45, 2.75) is 38.8 Å². The first-order chi connectivity index (χ1) is 12.7. The van der Waals surface area contributed by atoms with Crippen molar-refractivity contribution in [3.05, 3.63) is 9.81 Å². The molecule has 0 spiro atoms. The summed E-state index contributed by atoms with van der Waals surface area (Å²) in [5, 5.41) is 17.4. The zero-order chi connectivity index (χ0) is 20.5. The largest absolute Gasteiger partial charge is 0.410 e. The highest BCUT2D eigenvalue weighted by Gasteiger charge is 2.57. The Labute approximate surface area is 152 Å². The molecular formula is C16H17N3O8. The first-order valence-corrected chi connectivity index (χ1v) is 8.17. The summed E-state index contributed by atoms with van der Waals surface area (Å²) in [5.74, 6) is -8.82. The summed E-state index contributed by atoms with van der Waals surface area (Å²) in [6.45, 7) is 2.29. The van der Waals surface area contributed by atoms with Crippen molar-refractivity contribution < 1.29 is 29.2 Å². The fourth-order valence-corrected chi connectivity index (χ4v) is 4.14. The average molecular weight is 379 g/mol. The molecule has 6 atom stereocenters. The molecule has 27 heavy (non-hydrogen) atoms. The van der Waals surface area contributed by atoms with Crippen LogP contribution in [0.1, 0.15) is 26.7 Å². The highest BCUT2D eigenvalue weighted by molar-refractivity contribution is 6.43. The minimum Gasteiger partial charge on any atom is -0.410 e. The van der Waals surface area contributed by atoms with Crippen LogP contribution in [0, 0.1) is 33.5 Å². The van der Waals surface area contributed by atoms with E-state index in [4.69, 9.17) is 5.21 Å². The van der Waals surface area contributed by atoms with Gasteiger partial charge in [0.2, 0.25) is 11.6 Å². The first-order valence-electron chi connectivity index (χ1n) is 8.17. The van der Waals surface area contributed by atoms with Crippen molar-refractivity contribution in [3.8, 4) is 0 Å². The van der Waals surface area contributed by atoms with Gasteiger partial charge in [0.1, 0.15) is 17.6 Å². The fraction of sp³-hybridized carbons (Fsp3) is 0.625. The van der Waals surface area contributed by atoms with Crippen LogP contribution >= 0.6 is 0 Å². The summed E-state index contributed by atoms with van der Waals surface area (Å²) in [4.78, 5) is 83.2. The molecule has 0 aromatic carbocycles. The van der Waals surface area contributed by atoms with Gasteiger partial charge in [0.25, 0.3) is 0 Å². The van der Waals surface area contributed by atoms with E-state index < -0.39 is 83.2 Å². The Bertz CT molecular complexity index is 774. The second-order valence-corrected chi connectivity index (χ2v) is 6.79. The van der Waals surface area contributed by atoms with E-state index >= 15 is 0 Å². The molecule has 11 heteroatoms. The van der Waals surface area contributed by atoms with Gasteiger partial charge in [0.05, 0.1) is 0 Å². The van der Waals surface area contributed by atoms with Crippen molar-refractivity contribution in [2.75, 3.05) is 0 Å². The van der Waals surface area contributed by atoms with Gasteiger partial charge in [-0.1, -0.05) is 15.5 Å². The average Bonchev–Trinajstić information content (AvgIpc) is 2.62. The number of carbonyl (C=O) groups excluding carboxylic acids is 5. The summed E-state index contributed by atoms with van der Waals surface area (Å²) >= 11 is 0. The number of oxime groups is 1. The van der Waals surface area contributed by atoms with E-state index in [0.29, 0.717) is 0 Å². The van der Waals surface area contributed by atoms with Crippen LogP contribution in [0.5, 0.6) is 0 Å². The van der Waals surface area contributed by atoms with Crippen LogP contribution < -0.4 is 0 Å². The topological polar surface area (TPSA) is 177 Å². The smallest absolute Gasteiger partial charge is 0.226 e. The Morgan fingerprint density at radius 1 is 0.852 bits per heavy atom. The maximum absolute atomic E-state index is 12.2. The summed E-state index contributed by atoms with van der Waals surface area (Å²) in [6.07, 6.45) is -0.947. The van der Waals surface area contributed by atoms with Crippen molar-refractivity contribution in [2.24, 2.45) is 39.2 Å². The fourth-order valence-electron chi connectivity index (χ4n) is 4.14. The van der Waals surface area contributed by atoms with Crippen LogP contribution in [0.25, 0.3) is 0 Å². The van der Waals surface area contributed by atoms with E-state index in [9.17, 15) is 33.8 Å². The quantitative estimate of drug-likeness (QED) is 0.305. The van der Waals surface area contributed by atoms with Gasteiger partial charge in [-0.05, 0) is 13.8 Å². The zero-order valence-electron chi connectivity index (χ0n) is 14.5. The maximum Gasteiger partial charge on any atom is 0.226 e. The van der Waals surface area contributed by atoms with E-state index in [0.717, 1.165) is 13.8 Å². The predicted molar refractivity (Wildman–Crippen MR) is 88.0 cm³/mol. The lowest BCUT2D eigenvalue weighted by Gasteiger charge is -2.43. The molecule has 0 aliphatic heterocycles. The Hall–Kier alpha value is -2.98. The lowest BCUT2D eigenvalue weighted by Crippen LogP contribution is -2.57. The van der Waals surface area contributed by atoms with E-state index in [-0.39, 0.29) is 0 Å². The minimum atomic E-state index is -1.80. The number of Topliss-reactive ketones (excluding diaryl/α,β-unsaturated/α-hetero) is 5. The molecule has 0 saturated heterocycles. The van der Waals surface area contributed by atoms with Gasteiger partial charge in [-0.2, -0.15) is 9.81 Å². The molecule has 2 rings (SSSR count). The molecule has 0 amide bonds. The lowest BCUT2D eigenvalue weighted by molar-refractivity contribution is -0.147. The molecule has 2 saturated carbocycles. The van der Waals surface area contributed by atoms with Gasteiger partial charge >= 0.3 is 0 Å². The minimum absolute atomic E-state index is 0.444. The van der Waals surface area contributed by atoms with E-state index in [1.807, 2.05) is 0 Å². The molecule has 6 unspecified atom stereocenters. The van der Waals surface area contributed by atoms with E-state index in [1.165, 1.54) is 0 Å². The maximum atomic E-state index is 12.2. The highest BCUT2D eigenvalue weighted by Crippen LogP contribution is 2.44. The number of hydrogen-bond acceptors (Lipinski definition) is 11. The monoisotopic (exact) mass is 379 g/mol. The van der Waals surface area contributed by atoms with Crippen molar-refractivity contribution in [1.82, 2.24) is 0 Å². The van der Waals surface area contributed by atoms with Gasteiger partial charge in [0.15, 0.2) is 17.5 Å². The molecule has 0 aromatic heterocycles. The summed E-state index contributed by atoms with van der Waals surface area (Å²) < 4.78 is 0. The third-order valence-electron chi connectivity index (χ3n) is 5.40. The number of nitroso groups, excluding NO2 is 2. The summed E-state index contributed by atoms with van der Waals surface area (Å²) in [5.41, 5.74) is -0.621. The predicted octanol–water partition coefficient (Wildman–Crippen LogP) is 0.244. The van der Waals surface area contributed by atoms with Crippen LogP contribution in [0.4, 0.5) is 0 Å². The van der Waals surface area contributed by atoms with Crippen molar-refractivity contribution in [1.29, 1.82) is 0 Å². The van der Waals surface area contributed by atoms with Crippen molar-refractivity contribution >= 4 is 34.6 Å². The molecule has 11 nitrogen and oxygen atoms in total. The lowest BCUT2D eigenvalue weighted by atomic mass is 9.58. The van der Waals surface area contributed by atoms with Crippen LogP contribution in [0.2, 0.25) is 0 Å². The summed E-state index contributed by atoms with van der Waals surface area (Å²) in [7, 11) is 0. The molecule has 0 bridgehead atoms. The second kappa shape index (κ2) is 7.72. The molecule has 0 radical (unpaired) electrons. The molecule has 0 heterocycles. The first kappa shape index (κ1) is 20.3. The van der Waals surface area contributed by atoms with Gasteiger partial charge in [-0.15, -0.1) is 0 Å². The molecule has 2 aliphatic rings. The molecule has 2 aliphatic carbocycles. The molecule has 1 N–H and O–H groups in total. The van der Waals surface area contributed by atoms with Crippen LogP contribution in [-0.2, 0) is 24.0 Å². The number of nitrogens with zero attached hydrogens (tertiary/aromatic N) is 3. The third-order valence-corrected chi connectivity index (χ3v) is 5.40. The SMILES string of the molecule is CC(=O)C1CC(=O)C(=O)C(N=O)C1C1C(C(C)=O)CC(=O)C(=NO)C1N=O.